The van der Waals surface area contributed by atoms with Gasteiger partial charge in [-0.2, -0.15) is 5.10 Å². The quantitative estimate of drug-likeness (QED) is 0.781. The minimum atomic E-state index is 0.556. The summed E-state index contributed by atoms with van der Waals surface area (Å²) in [5.41, 5.74) is 7.98. The first kappa shape index (κ1) is 11.4. The number of rotatable bonds is 3. The minimum Gasteiger partial charge on any atom is -0.494 e. The number of nitrogen functional groups attached to an aromatic ring is 1. The van der Waals surface area contributed by atoms with E-state index >= 15 is 0 Å². The molecule has 0 atom stereocenters. The predicted octanol–water partition coefficient (Wildman–Crippen LogP) is 2.72. The zero-order chi connectivity index (χ0) is 13.2. The molecular weight excluding hydrogens is 242 g/mol. The molecule has 3 rings (SSSR count). The predicted molar refractivity (Wildman–Crippen MR) is 72.2 cm³/mol. The summed E-state index contributed by atoms with van der Waals surface area (Å²) in [6, 6.07) is 11.2. The molecule has 2 N–H and O–H groups in total. The van der Waals surface area contributed by atoms with Crippen molar-refractivity contribution in [2.45, 2.75) is 0 Å². The highest BCUT2D eigenvalue weighted by Crippen LogP contribution is 2.28. The average Bonchev–Trinajstić information content (AvgIpc) is 3.07. The van der Waals surface area contributed by atoms with Crippen LogP contribution in [0.15, 0.2) is 53.3 Å². The second-order valence-corrected chi connectivity index (χ2v) is 4.03. The van der Waals surface area contributed by atoms with Gasteiger partial charge in [-0.3, -0.25) is 0 Å². The number of nitrogens with two attached hydrogens (primary N) is 1. The minimum absolute atomic E-state index is 0.556. The summed E-state index contributed by atoms with van der Waals surface area (Å²) in [6.45, 7) is 0. The van der Waals surface area contributed by atoms with Crippen molar-refractivity contribution in [2.24, 2.45) is 0 Å². The van der Waals surface area contributed by atoms with Gasteiger partial charge >= 0.3 is 0 Å². The lowest BCUT2D eigenvalue weighted by Gasteiger charge is -2.07. The Morgan fingerprint density at radius 3 is 2.79 bits per heavy atom. The van der Waals surface area contributed by atoms with E-state index in [0.29, 0.717) is 17.1 Å². The van der Waals surface area contributed by atoms with Crippen LogP contribution in [-0.4, -0.2) is 16.9 Å². The van der Waals surface area contributed by atoms with E-state index in [9.17, 15) is 0 Å². The standard InChI is InChI=1S/C14H13N3O2/c1-18-12-6-3-2-5-11(12)17-9-10(15)14(16-17)13-7-4-8-19-13/h2-9H,15H2,1H3. The van der Waals surface area contributed by atoms with Gasteiger partial charge in [0.25, 0.3) is 0 Å². The van der Waals surface area contributed by atoms with Crippen molar-refractivity contribution in [2.75, 3.05) is 12.8 Å². The highest BCUT2D eigenvalue weighted by Gasteiger charge is 2.13. The summed E-state index contributed by atoms with van der Waals surface area (Å²) in [5, 5.41) is 4.45. The van der Waals surface area contributed by atoms with Crippen LogP contribution in [0, 0.1) is 0 Å². The maximum Gasteiger partial charge on any atom is 0.156 e. The molecular formula is C14H13N3O2. The SMILES string of the molecule is COc1ccccc1-n1cc(N)c(-c2ccco2)n1. The van der Waals surface area contributed by atoms with E-state index in [1.807, 2.05) is 30.3 Å². The van der Waals surface area contributed by atoms with Crippen LogP contribution < -0.4 is 10.5 Å². The Kier molecular flexibility index (Phi) is 2.72. The molecule has 3 aromatic rings. The first-order valence-electron chi connectivity index (χ1n) is 5.82. The smallest absolute Gasteiger partial charge is 0.156 e. The maximum atomic E-state index is 5.98. The van der Waals surface area contributed by atoms with E-state index < -0.39 is 0 Å². The molecule has 0 radical (unpaired) electrons. The zero-order valence-corrected chi connectivity index (χ0v) is 10.4. The molecule has 0 fully saturated rings. The molecule has 5 heteroatoms. The zero-order valence-electron chi connectivity index (χ0n) is 10.4. The largest absolute Gasteiger partial charge is 0.494 e. The van der Waals surface area contributed by atoms with Crippen LogP contribution in [0.3, 0.4) is 0 Å². The van der Waals surface area contributed by atoms with Crippen LogP contribution in [0.2, 0.25) is 0 Å². The molecule has 5 nitrogen and oxygen atoms in total. The van der Waals surface area contributed by atoms with Gasteiger partial charge in [-0.1, -0.05) is 12.1 Å². The van der Waals surface area contributed by atoms with Gasteiger partial charge in [-0.05, 0) is 24.3 Å². The number of furan rings is 1. The number of ether oxygens (including phenoxy) is 1. The number of aromatic nitrogens is 2. The first-order chi connectivity index (χ1) is 9.29. The van der Waals surface area contributed by atoms with Crippen LogP contribution in [0.1, 0.15) is 0 Å². The van der Waals surface area contributed by atoms with Gasteiger partial charge in [0.05, 0.1) is 25.3 Å². The van der Waals surface area contributed by atoms with Crippen molar-refractivity contribution < 1.29 is 9.15 Å². The van der Waals surface area contributed by atoms with Crippen molar-refractivity contribution in [1.29, 1.82) is 0 Å². The summed E-state index contributed by atoms with van der Waals surface area (Å²) >= 11 is 0. The fraction of sp³-hybridized carbons (Fsp3) is 0.0714. The number of para-hydroxylation sites is 2. The van der Waals surface area contributed by atoms with Crippen molar-refractivity contribution in [3.8, 4) is 22.9 Å². The summed E-state index contributed by atoms with van der Waals surface area (Å²) in [5.74, 6) is 1.38. The van der Waals surface area contributed by atoms with E-state index in [2.05, 4.69) is 5.10 Å². The molecule has 0 aliphatic carbocycles. The van der Waals surface area contributed by atoms with Gasteiger partial charge in [0.15, 0.2) is 11.5 Å². The van der Waals surface area contributed by atoms with E-state index in [-0.39, 0.29) is 0 Å². The molecule has 2 heterocycles. The molecule has 96 valence electrons. The number of hydrogen-bond acceptors (Lipinski definition) is 4. The second-order valence-electron chi connectivity index (χ2n) is 4.03. The number of benzene rings is 1. The van der Waals surface area contributed by atoms with E-state index in [4.69, 9.17) is 14.9 Å². The number of hydrogen-bond donors (Lipinski definition) is 1. The van der Waals surface area contributed by atoms with Crippen LogP contribution in [0.4, 0.5) is 5.69 Å². The molecule has 19 heavy (non-hydrogen) atoms. The number of anilines is 1. The van der Waals surface area contributed by atoms with Gasteiger partial charge in [0, 0.05) is 0 Å². The van der Waals surface area contributed by atoms with Crippen LogP contribution in [0.25, 0.3) is 17.1 Å². The molecule has 0 saturated heterocycles. The maximum absolute atomic E-state index is 5.98. The molecule has 0 spiro atoms. The Bertz CT molecular complexity index is 687. The summed E-state index contributed by atoms with van der Waals surface area (Å²) in [4.78, 5) is 0. The number of nitrogens with zero attached hydrogens (tertiary/aromatic N) is 2. The Morgan fingerprint density at radius 2 is 2.05 bits per heavy atom. The lowest BCUT2D eigenvalue weighted by atomic mass is 10.3. The highest BCUT2D eigenvalue weighted by molar-refractivity contribution is 5.68. The average molecular weight is 255 g/mol. The molecule has 0 bridgehead atoms. The van der Waals surface area contributed by atoms with Gasteiger partial charge in [0.1, 0.15) is 11.4 Å². The third kappa shape index (κ3) is 1.95. The van der Waals surface area contributed by atoms with E-state index in [0.717, 1.165) is 11.4 Å². The Morgan fingerprint density at radius 1 is 1.21 bits per heavy atom. The van der Waals surface area contributed by atoms with Crippen LogP contribution in [0.5, 0.6) is 5.75 Å². The molecule has 1 aromatic carbocycles. The lowest BCUT2D eigenvalue weighted by molar-refractivity contribution is 0.411. The third-order valence-corrected chi connectivity index (χ3v) is 2.83. The summed E-state index contributed by atoms with van der Waals surface area (Å²) in [7, 11) is 1.62. The number of methoxy groups -OCH3 is 1. The monoisotopic (exact) mass is 255 g/mol. The van der Waals surface area contributed by atoms with Crippen molar-refractivity contribution >= 4 is 5.69 Å². The topological polar surface area (TPSA) is 66.2 Å². The van der Waals surface area contributed by atoms with Gasteiger partial charge in [-0.25, -0.2) is 4.68 Å². The first-order valence-corrected chi connectivity index (χ1v) is 5.82. The third-order valence-electron chi connectivity index (χ3n) is 2.83. The fourth-order valence-corrected chi connectivity index (χ4v) is 1.93. The Balaban J connectivity index is 2.10. The van der Waals surface area contributed by atoms with Crippen LogP contribution in [-0.2, 0) is 0 Å². The van der Waals surface area contributed by atoms with Crippen molar-refractivity contribution in [3.05, 3.63) is 48.9 Å². The van der Waals surface area contributed by atoms with E-state index in [1.165, 1.54) is 0 Å². The molecule has 0 saturated carbocycles. The van der Waals surface area contributed by atoms with Gasteiger partial charge in [0.2, 0.25) is 0 Å². The van der Waals surface area contributed by atoms with Crippen LogP contribution >= 0.6 is 0 Å². The van der Waals surface area contributed by atoms with E-state index in [1.54, 1.807) is 30.3 Å². The molecule has 2 aromatic heterocycles. The normalized spacial score (nSPS) is 10.6. The lowest BCUT2D eigenvalue weighted by Crippen LogP contribution is -1.98. The molecule has 0 aliphatic heterocycles. The molecule has 0 amide bonds. The Labute approximate surface area is 110 Å². The summed E-state index contributed by atoms with van der Waals surface area (Å²) < 4.78 is 12.3. The van der Waals surface area contributed by atoms with Crippen molar-refractivity contribution in [1.82, 2.24) is 9.78 Å². The molecule has 0 aliphatic rings. The fourth-order valence-electron chi connectivity index (χ4n) is 1.93. The highest BCUT2D eigenvalue weighted by atomic mass is 16.5. The van der Waals surface area contributed by atoms with Gasteiger partial charge < -0.3 is 14.9 Å². The Hall–Kier alpha value is -2.69. The van der Waals surface area contributed by atoms with Crippen molar-refractivity contribution in [3.63, 3.8) is 0 Å². The van der Waals surface area contributed by atoms with Gasteiger partial charge in [-0.15, -0.1) is 0 Å². The second kappa shape index (κ2) is 4.53. The molecule has 0 unspecified atom stereocenters. The summed E-state index contributed by atoms with van der Waals surface area (Å²) in [6.07, 6.45) is 3.34.